The first-order valence-corrected chi connectivity index (χ1v) is 6.77. The van der Waals surface area contributed by atoms with Crippen LogP contribution in [0.3, 0.4) is 0 Å². The summed E-state index contributed by atoms with van der Waals surface area (Å²) in [6.45, 7) is 5.81. The molecular formula is C16H23NO4. The molecular weight excluding hydrogens is 270 g/mol. The van der Waals surface area contributed by atoms with Crippen molar-refractivity contribution >= 4 is 12.4 Å². The number of carbonyl (C=O) groups excluding carboxylic acids is 2. The summed E-state index contributed by atoms with van der Waals surface area (Å²) in [5.41, 5.74) is 1.07. The van der Waals surface area contributed by atoms with E-state index in [9.17, 15) is 9.59 Å². The zero-order chi connectivity index (χ0) is 16.0. The maximum atomic E-state index is 12.1. The number of benzene rings is 1. The van der Waals surface area contributed by atoms with Crippen LogP contribution >= 0.6 is 0 Å². The summed E-state index contributed by atoms with van der Waals surface area (Å²) < 4.78 is 10.4. The fourth-order valence-corrected chi connectivity index (χ4v) is 1.87. The molecule has 0 aliphatic rings. The standard InChI is InChI=1S/C16H23NO4/c1-16(2,3)21-15(19)17(4)14(10-18)13-8-6-7-12(9-13)11-20-5/h6-10,14H,11H2,1-5H3. The fourth-order valence-electron chi connectivity index (χ4n) is 1.87. The molecule has 0 spiro atoms. The van der Waals surface area contributed by atoms with Gasteiger partial charge in [0, 0.05) is 14.2 Å². The van der Waals surface area contributed by atoms with Crippen LogP contribution in [0.15, 0.2) is 24.3 Å². The van der Waals surface area contributed by atoms with Crippen molar-refractivity contribution in [1.29, 1.82) is 0 Å². The predicted octanol–water partition coefficient (Wildman–Crippen LogP) is 2.94. The molecule has 0 saturated heterocycles. The minimum absolute atomic E-state index is 0.454. The van der Waals surface area contributed by atoms with Crippen molar-refractivity contribution in [2.24, 2.45) is 0 Å². The van der Waals surface area contributed by atoms with Gasteiger partial charge in [0.1, 0.15) is 17.9 Å². The van der Waals surface area contributed by atoms with Crippen LogP contribution < -0.4 is 0 Å². The number of rotatable bonds is 5. The van der Waals surface area contributed by atoms with Crippen LogP contribution in [0.4, 0.5) is 4.79 Å². The van der Waals surface area contributed by atoms with Gasteiger partial charge in [-0.1, -0.05) is 24.3 Å². The van der Waals surface area contributed by atoms with Gasteiger partial charge >= 0.3 is 6.09 Å². The summed E-state index contributed by atoms with van der Waals surface area (Å²) in [7, 11) is 3.16. The molecule has 1 amide bonds. The van der Waals surface area contributed by atoms with Crippen LogP contribution in [0, 0.1) is 0 Å². The molecule has 0 fully saturated rings. The molecule has 116 valence electrons. The second kappa shape index (κ2) is 7.22. The molecule has 1 aromatic carbocycles. The molecule has 1 unspecified atom stereocenters. The smallest absolute Gasteiger partial charge is 0.410 e. The summed E-state index contributed by atoms with van der Waals surface area (Å²) in [6, 6.07) is 6.71. The number of likely N-dealkylation sites (N-methyl/N-ethyl adjacent to an activating group) is 1. The lowest BCUT2D eigenvalue weighted by molar-refractivity contribution is -0.112. The first-order chi connectivity index (χ1) is 9.78. The SMILES string of the molecule is COCc1cccc(C(C=O)N(C)C(=O)OC(C)(C)C)c1. The molecule has 5 nitrogen and oxygen atoms in total. The highest BCUT2D eigenvalue weighted by Gasteiger charge is 2.26. The van der Waals surface area contributed by atoms with Gasteiger partial charge in [-0.05, 0) is 31.9 Å². The largest absolute Gasteiger partial charge is 0.444 e. The normalized spacial score (nSPS) is 12.6. The van der Waals surface area contributed by atoms with Crippen LogP contribution in [0.5, 0.6) is 0 Å². The van der Waals surface area contributed by atoms with Crippen LogP contribution in [-0.4, -0.2) is 37.0 Å². The summed E-state index contributed by atoms with van der Waals surface area (Å²) in [4.78, 5) is 24.8. The van der Waals surface area contributed by atoms with Crippen molar-refractivity contribution in [2.75, 3.05) is 14.2 Å². The van der Waals surface area contributed by atoms with Gasteiger partial charge in [-0.15, -0.1) is 0 Å². The molecule has 5 heteroatoms. The lowest BCUT2D eigenvalue weighted by Gasteiger charge is -2.28. The number of nitrogens with zero attached hydrogens (tertiary/aromatic N) is 1. The van der Waals surface area contributed by atoms with Crippen LogP contribution in [-0.2, 0) is 20.9 Å². The molecule has 0 heterocycles. The van der Waals surface area contributed by atoms with Crippen molar-refractivity contribution in [3.63, 3.8) is 0 Å². The van der Waals surface area contributed by atoms with E-state index in [4.69, 9.17) is 9.47 Å². The van der Waals surface area contributed by atoms with E-state index in [1.165, 1.54) is 4.90 Å². The van der Waals surface area contributed by atoms with Crippen LogP contribution in [0.25, 0.3) is 0 Å². The molecule has 0 bridgehead atoms. The highest BCUT2D eigenvalue weighted by Crippen LogP contribution is 2.21. The van der Waals surface area contributed by atoms with Crippen molar-refractivity contribution < 1.29 is 19.1 Å². The predicted molar refractivity (Wildman–Crippen MR) is 80.0 cm³/mol. The van der Waals surface area contributed by atoms with Crippen molar-refractivity contribution in [1.82, 2.24) is 4.90 Å². The van der Waals surface area contributed by atoms with Gasteiger partial charge in [0.25, 0.3) is 0 Å². The number of hydrogen-bond donors (Lipinski definition) is 0. The third-order valence-corrected chi connectivity index (χ3v) is 2.83. The second-order valence-corrected chi connectivity index (χ2v) is 5.85. The number of amides is 1. The van der Waals surface area contributed by atoms with Crippen LogP contribution in [0.2, 0.25) is 0 Å². The molecule has 1 aromatic rings. The average Bonchev–Trinajstić information content (AvgIpc) is 2.38. The fraction of sp³-hybridized carbons (Fsp3) is 0.500. The Bertz CT molecular complexity index is 493. The van der Waals surface area contributed by atoms with Gasteiger partial charge in [0.15, 0.2) is 0 Å². The Morgan fingerprint density at radius 3 is 2.57 bits per heavy atom. The molecule has 1 atom stereocenters. The lowest BCUT2D eigenvalue weighted by Crippen LogP contribution is -2.37. The van der Waals surface area contributed by atoms with E-state index in [1.807, 2.05) is 18.2 Å². The Labute approximate surface area is 125 Å². The first kappa shape index (κ1) is 17.2. The number of carbonyl (C=O) groups is 2. The number of hydrogen-bond acceptors (Lipinski definition) is 4. The highest BCUT2D eigenvalue weighted by atomic mass is 16.6. The molecule has 0 radical (unpaired) electrons. The van der Waals surface area contributed by atoms with E-state index in [2.05, 4.69) is 0 Å². The van der Waals surface area contributed by atoms with E-state index in [0.29, 0.717) is 6.61 Å². The van der Waals surface area contributed by atoms with Gasteiger partial charge < -0.3 is 14.3 Å². The Balaban J connectivity index is 2.93. The number of ether oxygens (including phenoxy) is 2. The summed E-state index contributed by atoms with van der Waals surface area (Å²) >= 11 is 0. The maximum Gasteiger partial charge on any atom is 0.410 e. The third kappa shape index (κ3) is 5.19. The first-order valence-electron chi connectivity index (χ1n) is 6.77. The van der Waals surface area contributed by atoms with E-state index in [-0.39, 0.29) is 0 Å². The Hall–Kier alpha value is -1.88. The molecule has 1 rings (SSSR count). The quantitative estimate of drug-likeness (QED) is 0.783. The van der Waals surface area contributed by atoms with Crippen molar-refractivity contribution in [2.45, 2.75) is 39.0 Å². The Morgan fingerprint density at radius 2 is 2.05 bits per heavy atom. The van der Waals surface area contributed by atoms with Gasteiger partial charge in [-0.25, -0.2) is 4.79 Å². The van der Waals surface area contributed by atoms with E-state index in [1.54, 1.807) is 41.0 Å². The van der Waals surface area contributed by atoms with Gasteiger partial charge in [0.2, 0.25) is 0 Å². The molecule has 21 heavy (non-hydrogen) atoms. The highest BCUT2D eigenvalue weighted by molar-refractivity contribution is 5.74. The molecule has 0 aliphatic carbocycles. The maximum absolute atomic E-state index is 12.1. The summed E-state index contributed by atoms with van der Waals surface area (Å²) in [5.74, 6) is 0. The van der Waals surface area contributed by atoms with E-state index in [0.717, 1.165) is 17.4 Å². The van der Waals surface area contributed by atoms with Gasteiger partial charge in [0.05, 0.1) is 6.61 Å². The molecule has 0 aromatic heterocycles. The van der Waals surface area contributed by atoms with E-state index < -0.39 is 17.7 Å². The van der Waals surface area contributed by atoms with Crippen molar-refractivity contribution in [3.8, 4) is 0 Å². The summed E-state index contributed by atoms with van der Waals surface area (Å²) in [5, 5.41) is 0. The third-order valence-electron chi connectivity index (χ3n) is 2.83. The number of aldehydes is 1. The average molecular weight is 293 g/mol. The molecule has 0 N–H and O–H groups in total. The minimum atomic E-state index is -0.684. The zero-order valence-corrected chi connectivity index (χ0v) is 13.3. The molecule has 0 aliphatic heterocycles. The minimum Gasteiger partial charge on any atom is -0.444 e. The second-order valence-electron chi connectivity index (χ2n) is 5.85. The van der Waals surface area contributed by atoms with E-state index >= 15 is 0 Å². The molecule has 0 saturated carbocycles. The van der Waals surface area contributed by atoms with Gasteiger partial charge in [-0.2, -0.15) is 0 Å². The Kier molecular flexibility index (Phi) is 5.90. The topological polar surface area (TPSA) is 55.8 Å². The van der Waals surface area contributed by atoms with Gasteiger partial charge in [-0.3, -0.25) is 4.90 Å². The zero-order valence-electron chi connectivity index (χ0n) is 13.3. The van der Waals surface area contributed by atoms with Crippen molar-refractivity contribution in [3.05, 3.63) is 35.4 Å². The van der Waals surface area contributed by atoms with Crippen LogP contribution in [0.1, 0.15) is 37.9 Å². The summed E-state index contributed by atoms with van der Waals surface area (Å²) in [6.07, 6.45) is 0.201. The lowest BCUT2D eigenvalue weighted by atomic mass is 10.0. The monoisotopic (exact) mass is 293 g/mol. The number of methoxy groups -OCH3 is 1. The Morgan fingerprint density at radius 1 is 1.38 bits per heavy atom.